The molecule has 8 aromatic carbocycles. The van der Waals surface area contributed by atoms with Crippen LogP contribution in [0.3, 0.4) is 0 Å². The van der Waals surface area contributed by atoms with Gasteiger partial charge in [-0.15, -0.1) is 0 Å². The van der Waals surface area contributed by atoms with Gasteiger partial charge >= 0.3 is 0 Å². The maximum Gasteiger partial charge on any atom is 0.136 e. The Balaban J connectivity index is 1.27. The summed E-state index contributed by atoms with van der Waals surface area (Å²) in [7, 11) is 0. The highest BCUT2D eigenvalue weighted by atomic mass is 16.3. The SMILES string of the molecule is CC1(C)c2ccccc2-c2c(N(c3ccc4cc5c(cc4c3)oc3ccccc35)c3ccccc3-c3cccc4ccccc34)cccc21. The summed E-state index contributed by atoms with van der Waals surface area (Å²) in [4.78, 5) is 2.48. The third kappa shape index (κ3) is 4.14. The second-order valence-electron chi connectivity index (χ2n) is 13.7. The van der Waals surface area contributed by atoms with Crippen LogP contribution in [-0.2, 0) is 5.41 Å². The standard InChI is InChI=1S/C47H33NO/c1-47(2)40-20-8-5-18-38(40)46-41(47)21-12-23-43(46)48(42-22-9-6-16-36(42)35-19-11-14-30-13-3-4-15-34(30)35)33-26-25-31-28-39-37-17-7-10-24-44(37)49-45(39)29-32(31)27-33/h3-29H,1-2H3. The first kappa shape index (κ1) is 27.9. The van der Waals surface area contributed by atoms with Gasteiger partial charge in [-0.05, 0) is 86.3 Å². The zero-order chi connectivity index (χ0) is 32.7. The molecule has 1 heterocycles. The van der Waals surface area contributed by atoms with Crippen molar-refractivity contribution in [3.8, 4) is 22.3 Å². The van der Waals surface area contributed by atoms with Crippen LogP contribution in [0, 0.1) is 0 Å². The normalized spacial score (nSPS) is 13.3. The van der Waals surface area contributed by atoms with Gasteiger partial charge in [-0.2, -0.15) is 0 Å². The quantitative estimate of drug-likeness (QED) is 0.193. The van der Waals surface area contributed by atoms with E-state index in [2.05, 4.69) is 170 Å². The van der Waals surface area contributed by atoms with Crippen molar-refractivity contribution in [2.24, 2.45) is 0 Å². The molecule has 0 saturated heterocycles. The number of benzene rings is 8. The molecule has 0 saturated carbocycles. The molecule has 1 aromatic heterocycles. The summed E-state index contributed by atoms with van der Waals surface area (Å²) >= 11 is 0. The molecule has 232 valence electrons. The fourth-order valence-corrected chi connectivity index (χ4v) is 8.28. The Kier molecular flexibility index (Phi) is 5.95. The number of rotatable bonds is 4. The van der Waals surface area contributed by atoms with E-state index in [0.717, 1.165) is 38.7 Å². The summed E-state index contributed by atoms with van der Waals surface area (Å²) in [5.41, 5.74) is 12.8. The highest BCUT2D eigenvalue weighted by Gasteiger charge is 2.38. The van der Waals surface area contributed by atoms with Crippen LogP contribution in [0.5, 0.6) is 0 Å². The average Bonchev–Trinajstić information content (AvgIpc) is 3.62. The largest absolute Gasteiger partial charge is 0.456 e. The molecule has 0 bridgehead atoms. The van der Waals surface area contributed by atoms with E-state index >= 15 is 0 Å². The molecule has 0 amide bonds. The minimum Gasteiger partial charge on any atom is -0.456 e. The second kappa shape index (κ2) is 10.4. The van der Waals surface area contributed by atoms with E-state index in [1.165, 1.54) is 55.2 Å². The maximum absolute atomic E-state index is 6.36. The molecule has 0 unspecified atom stereocenters. The van der Waals surface area contributed by atoms with Crippen molar-refractivity contribution < 1.29 is 4.42 Å². The van der Waals surface area contributed by atoms with Crippen molar-refractivity contribution in [3.63, 3.8) is 0 Å². The van der Waals surface area contributed by atoms with E-state index in [4.69, 9.17) is 4.42 Å². The maximum atomic E-state index is 6.36. The third-order valence-electron chi connectivity index (χ3n) is 10.6. The molecule has 0 fully saturated rings. The van der Waals surface area contributed by atoms with Crippen LogP contribution in [0.4, 0.5) is 17.1 Å². The molecule has 49 heavy (non-hydrogen) atoms. The first-order chi connectivity index (χ1) is 24.1. The van der Waals surface area contributed by atoms with Gasteiger partial charge in [0.25, 0.3) is 0 Å². The predicted octanol–water partition coefficient (Wildman–Crippen LogP) is 13.3. The summed E-state index contributed by atoms with van der Waals surface area (Å²) < 4.78 is 6.36. The molecular formula is C47H33NO. The Morgan fingerprint density at radius 2 is 1.10 bits per heavy atom. The van der Waals surface area contributed by atoms with E-state index in [1.807, 2.05) is 12.1 Å². The van der Waals surface area contributed by atoms with Crippen LogP contribution < -0.4 is 4.90 Å². The van der Waals surface area contributed by atoms with Crippen LogP contribution in [0.1, 0.15) is 25.0 Å². The molecule has 10 rings (SSSR count). The van der Waals surface area contributed by atoms with Gasteiger partial charge in [0, 0.05) is 33.0 Å². The third-order valence-corrected chi connectivity index (χ3v) is 10.6. The van der Waals surface area contributed by atoms with Crippen molar-refractivity contribution in [1.29, 1.82) is 0 Å². The lowest BCUT2D eigenvalue weighted by Crippen LogP contribution is -2.16. The molecule has 2 nitrogen and oxygen atoms in total. The lowest BCUT2D eigenvalue weighted by Gasteiger charge is -2.31. The first-order valence-electron chi connectivity index (χ1n) is 17.0. The van der Waals surface area contributed by atoms with Crippen LogP contribution in [0.15, 0.2) is 168 Å². The van der Waals surface area contributed by atoms with Gasteiger partial charge in [0.2, 0.25) is 0 Å². The van der Waals surface area contributed by atoms with Crippen LogP contribution in [-0.4, -0.2) is 0 Å². The lowest BCUT2D eigenvalue weighted by atomic mass is 9.82. The summed E-state index contributed by atoms with van der Waals surface area (Å²) in [6.07, 6.45) is 0. The van der Waals surface area contributed by atoms with Gasteiger partial charge in [-0.25, -0.2) is 0 Å². The topological polar surface area (TPSA) is 16.4 Å². The predicted molar refractivity (Wildman–Crippen MR) is 206 cm³/mol. The molecule has 1 aliphatic rings. The van der Waals surface area contributed by atoms with E-state index < -0.39 is 0 Å². The fraction of sp³-hybridized carbons (Fsp3) is 0.0638. The molecule has 2 heteroatoms. The smallest absolute Gasteiger partial charge is 0.136 e. The van der Waals surface area contributed by atoms with Crippen LogP contribution >= 0.6 is 0 Å². The van der Waals surface area contributed by atoms with Gasteiger partial charge in [0.05, 0.1) is 11.4 Å². The van der Waals surface area contributed by atoms with E-state index in [9.17, 15) is 0 Å². The highest BCUT2D eigenvalue weighted by Crippen LogP contribution is 2.55. The molecule has 9 aromatic rings. The number of hydrogen-bond donors (Lipinski definition) is 0. The summed E-state index contributed by atoms with van der Waals surface area (Å²) in [5.74, 6) is 0. The van der Waals surface area contributed by atoms with Gasteiger partial charge in [0.15, 0.2) is 0 Å². The Bertz CT molecular complexity index is 2760. The minimum absolute atomic E-state index is 0.112. The number of anilines is 3. The van der Waals surface area contributed by atoms with Crippen LogP contribution in [0.25, 0.3) is 65.7 Å². The Morgan fingerprint density at radius 3 is 2.02 bits per heavy atom. The number of furan rings is 1. The molecule has 0 aliphatic heterocycles. The lowest BCUT2D eigenvalue weighted by molar-refractivity contribution is 0.660. The number of hydrogen-bond acceptors (Lipinski definition) is 2. The first-order valence-corrected chi connectivity index (χ1v) is 17.0. The zero-order valence-electron chi connectivity index (χ0n) is 27.4. The summed E-state index contributed by atoms with van der Waals surface area (Å²) in [6.45, 7) is 4.70. The second-order valence-corrected chi connectivity index (χ2v) is 13.7. The molecular weight excluding hydrogens is 595 g/mol. The Hall–Kier alpha value is -6.12. The Morgan fingerprint density at radius 1 is 0.429 bits per heavy atom. The van der Waals surface area contributed by atoms with E-state index in [-0.39, 0.29) is 5.41 Å². The molecule has 1 aliphatic carbocycles. The fourth-order valence-electron chi connectivity index (χ4n) is 8.28. The van der Waals surface area contributed by atoms with Gasteiger partial charge in [0.1, 0.15) is 11.2 Å². The van der Waals surface area contributed by atoms with Crippen molar-refractivity contribution in [2.75, 3.05) is 4.90 Å². The van der Waals surface area contributed by atoms with Crippen molar-refractivity contribution >= 4 is 60.5 Å². The molecule has 0 N–H and O–H groups in total. The van der Waals surface area contributed by atoms with E-state index in [1.54, 1.807) is 0 Å². The van der Waals surface area contributed by atoms with Crippen molar-refractivity contribution in [3.05, 3.63) is 175 Å². The minimum atomic E-state index is -0.112. The van der Waals surface area contributed by atoms with E-state index in [0.29, 0.717) is 0 Å². The number of para-hydroxylation sites is 2. The monoisotopic (exact) mass is 627 g/mol. The van der Waals surface area contributed by atoms with Crippen LogP contribution in [0.2, 0.25) is 0 Å². The van der Waals surface area contributed by atoms with Gasteiger partial charge < -0.3 is 9.32 Å². The average molecular weight is 628 g/mol. The summed E-state index contributed by atoms with van der Waals surface area (Å²) in [5, 5.41) is 7.11. The molecule has 0 spiro atoms. The highest BCUT2D eigenvalue weighted by molar-refractivity contribution is 6.11. The summed E-state index contributed by atoms with van der Waals surface area (Å²) in [6, 6.07) is 59.6. The number of nitrogens with zero attached hydrogens (tertiary/aromatic N) is 1. The van der Waals surface area contributed by atoms with Gasteiger partial charge in [-0.3, -0.25) is 0 Å². The Labute approximate surface area is 285 Å². The van der Waals surface area contributed by atoms with Crippen molar-refractivity contribution in [1.82, 2.24) is 0 Å². The zero-order valence-corrected chi connectivity index (χ0v) is 27.4. The molecule has 0 atom stereocenters. The number of fused-ring (bicyclic) bond motifs is 8. The van der Waals surface area contributed by atoms with Gasteiger partial charge in [-0.1, -0.05) is 135 Å². The van der Waals surface area contributed by atoms with Crippen molar-refractivity contribution in [2.45, 2.75) is 19.3 Å². The molecule has 0 radical (unpaired) electrons.